The average Bonchev–Trinajstić information content (AvgIpc) is 3.23. The first-order chi connectivity index (χ1) is 12.9. The molecule has 2 atom stereocenters. The Morgan fingerprint density at radius 1 is 1.26 bits per heavy atom. The Kier molecular flexibility index (Phi) is 4.93. The summed E-state index contributed by atoms with van der Waals surface area (Å²) in [5.74, 6) is 2.10. The Hall–Kier alpha value is -1.95. The first-order valence-corrected chi connectivity index (χ1v) is 10.1. The molecule has 148 valence electrons. The first-order valence-electron chi connectivity index (χ1n) is 10.1. The van der Waals surface area contributed by atoms with Crippen molar-refractivity contribution in [1.29, 1.82) is 0 Å². The van der Waals surface area contributed by atoms with Crippen molar-refractivity contribution < 1.29 is 14.3 Å². The topological polar surface area (TPSA) is 54.0 Å². The van der Waals surface area contributed by atoms with Crippen LogP contribution < -0.4 is 15.0 Å². The third kappa shape index (κ3) is 3.86. The molecule has 2 amide bonds. The zero-order valence-corrected chi connectivity index (χ0v) is 16.7. The predicted octanol–water partition coefficient (Wildman–Crippen LogP) is 3.57. The van der Waals surface area contributed by atoms with Gasteiger partial charge in [0.1, 0.15) is 5.75 Å². The van der Waals surface area contributed by atoms with E-state index in [1.807, 2.05) is 17.0 Å². The molecule has 2 aliphatic heterocycles. The Morgan fingerprint density at radius 3 is 2.67 bits per heavy atom. The SMILES string of the molecule is COc1cc(N2CCOC(C)(C)C2)ccc1NC(=O)N1C[C@H]2CCC[C@@H]2C1. The van der Waals surface area contributed by atoms with Crippen LogP contribution in [0, 0.1) is 11.8 Å². The standard InChI is InChI=1S/C21H31N3O3/c1-21(2)14-23(9-10-27-21)17-7-8-18(19(11-17)26-3)22-20(25)24-12-15-5-4-6-16(15)13-24/h7-8,11,15-16H,4-6,9-10,12-14H2,1-3H3,(H,22,25)/t15-,16-/m1/s1. The van der Waals surface area contributed by atoms with Gasteiger partial charge in [-0.2, -0.15) is 0 Å². The Labute approximate surface area is 161 Å². The van der Waals surface area contributed by atoms with Gasteiger partial charge in [0, 0.05) is 37.9 Å². The molecule has 3 fully saturated rings. The van der Waals surface area contributed by atoms with Gasteiger partial charge in [-0.3, -0.25) is 0 Å². The minimum absolute atomic E-state index is 0.0112. The van der Waals surface area contributed by atoms with Crippen LogP contribution in [0.15, 0.2) is 18.2 Å². The van der Waals surface area contributed by atoms with Crippen molar-refractivity contribution in [2.75, 3.05) is 50.1 Å². The second-order valence-electron chi connectivity index (χ2n) is 8.70. The highest BCUT2D eigenvalue weighted by molar-refractivity contribution is 5.91. The number of carbonyl (C=O) groups is 1. The van der Waals surface area contributed by atoms with Gasteiger partial charge in [-0.05, 0) is 50.7 Å². The van der Waals surface area contributed by atoms with Gasteiger partial charge >= 0.3 is 6.03 Å². The summed E-state index contributed by atoms with van der Waals surface area (Å²) in [6.45, 7) is 8.39. The number of methoxy groups -OCH3 is 1. The van der Waals surface area contributed by atoms with Crippen LogP contribution in [0.5, 0.6) is 5.75 Å². The minimum Gasteiger partial charge on any atom is -0.494 e. The lowest BCUT2D eigenvalue weighted by molar-refractivity contribution is -0.0277. The number of amides is 2. The number of hydrogen-bond donors (Lipinski definition) is 1. The highest BCUT2D eigenvalue weighted by atomic mass is 16.5. The van der Waals surface area contributed by atoms with Crippen LogP contribution in [0.4, 0.5) is 16.2 Å². The molecule has 0 bridgehead atoms. The van der Waals surface area contributed by atoms with Crippen molar-refractivity contribution in [3.63, 3.8) is 0 Å². The number of carbonyl (C=O) groups excluding carboxylic acids is 1. The van der Waals surface area contributed by atoms with Crippen molar-refractivity contribution in [3.05, 3.63) is 18.2 Å². The molecule has 1 saturated carbocycles. The fourth-order valence-corrected chi connectivity index (χ4v) is 4.81. The van der Waals surface area contributed by atoms with Crippen molar-refractivity contribution in [1.82, 2.24) is 4.90 Å². The van der Waals surface area contributed by atoms with Gasteiger partial charge in [-0.15, -0.1) is 0 Å². The molecule has 6 nitrogen and oxygen atoms in total. The maximum Gasteiger partial charge on any atom is 0.321 e. The molecular formula is C21H31N3O3. The quantitative estimate of drug-likeness (QED) is 0.880. The number of anilines is 2. The number of nitrogens with one attached hydrogen (secondary N) is 1. The molecule has 3 aliphatic rings. The number of nitrogens with zero attached hydrogens (tertiary/aromatic N) is 2. The highest BCUT2D eigenvalue weighted by Gasteiger charge is 2.38. The van der Waals surface area contributed by atoms with E-state index in [2.05, 4.69) is 30.1 Å². The minimum atomic E-state index is -0.161. The highest BCUT2D eigenvalue weighted by Crippen LogP contribution is 2.38. The third-order valence-electron chi connectivity index (χ3n) is 6.23. The number of hydrogen-bond acceptors (Lipinski definition) is 4. The summed E-state index contributed by atoms with van der Waals surface area (Å²) in [7, 11) is 1.65. The Balaban J connectivity index is 1.44. The molecule has 0 radical (unpaired) electrons. The molecule has 1 aromatic carbocycles. The monoisotopic (exact) mass is 373 g/mol. The van der Waals surface area contributed by atoms with E-state index in [-0.39, 0.29) is 11.6 Å². The number of fused-ring (bicyclic) bond motifs is 1. The Bertz CT molecular complexity index is 694. The molecule has 0 unspecified atom stereocenters. The molecule has 1 aromatic rings. The van der Waals surface area contributed by atoms with E-state index in [1.165, 1.54) is 19.3 Å². The maximum atomic E-state index is 12.7. The number of ether oxygens (including phenoxy) is 2. The molecule has 27 heavy (non-hydrogen) atoms. The largest absolute Gasteiger partial charge is 0.494 e. The van der Waals surface area contributed by atoms with Crippen LogP contribution in [0.2, 0.25) is 0 Å². The van der Waals surface area contributed by atoms with Crippen molar-refractivity contribution in [3.8, 4) is 5.75 Å². The fourth-order valence-electron chi connectivity index (χ4n) is 4.81. The third-order valence-corrected chi connectivity index (χ3v) is 6.23. The second kappa shape index (κ2) is 7.23. The van der Waals surface area contributed by atoms with Crippen molar-refractivity contribution >= 4 is 17.4 Å². The van der Waals surface area contributed by atoms with E-state index in [0.29, 0.717) is 24.2 Å². The van der Waals surface area contributed by atoms with E-state index in [9.17, 15) is 4.79 Å². The predicted molar refractivity (Wildman–Crippen MR) is 107 cm³/mol. The smallest absolute Gasteiger partial charge is 0.321 e. The van der Waals surface area contributed by atoms with Crippen LogP contribution in [0.3, 0.4) is 0 Å². The van der Waals surface area contributed by atoms with Crippen LogP contribution >= 0.6 is 0 Å². The Morgan fingerprint density at radius 2 is 2.00 bits per heavy atom. The van der Waals surface area contributed by atoms with Crippen LogP contribution in [0.25, 0.3) is 0 Å². The summed E-state index contributed by atoms with van der Waals surface area (Å²) in [5, 5.41) is 3.06. The van der Waals surface area contributed by atoms with E-state index < -0.39 is 0 Å². The van der Waals surface area contributed by atoms with Gasteiger partial charge in [-0.1, -0.05) is 6.42 Å². The maximum absolute atomic E-state index is 12.7. The number of likely N-dealkylation sites (tertiary alicyclic amines) is 1. The number of rotatable bonds is 3. The lowest BCUT2D eigenvalue weighted by Crippen LogP contribution is -2.48. The zero-order chi connectivity index (χ0) is 19.0. The van der Waals surface area contributed by atoms with Gasteiger partial charge in [0.2, 0.25) is 0 Å². The molecule has 2 heterocycles. The summed E-state index contributed by atoms with van der Waals surface area (Å²) >= 11 is 0. The average molecular weight is 373 g/mol. The lowest BCUT2D eigenvalue weighted by atomic mass is 10.0. The van der Waals surface area contributed by atoms with Crippen molar-refractivity contribution in [2.45, 2.75) is 38.7 Å². The molecule has 2 saturated heterocycles. The van der Waals surface area contributed by atoms with Gasteiger partial charge in [0.05, 0.1) is 25.0 Å². The number of benzene rings is 1. The van der Waals surface area contributed by atoms with Crippen LogP contribution in [-0.4, -0.2) is 56.4 Å². The van der Waals surface area contributed by atoms with E-state index in [4.69, 9.17) is 9.47 Å². The second-order valence-corrected chi connectivity index (χ2v) is 8.70. The van der Waals surface area contributed by atoms with Gasteiger partial charge in [0.25, 0.3) is 0 Å². The van der Waals surface area contributed by atoms with Gasteiger partial charge in [0.15, 0.2) is 0 Å². The number of morpholine rings is 1. The van der Waals surface area contributed by atoms with Gasteiger partial charge in [-0.25, -0.2) is 4.79 Å². The van der Waals surface area contributed by atoms with Crippen LogP contribution in [-0.2, 0) is 4.74 Å². The lowest BCUT2D eigenvalue weighted by Gasteiger charge is -2.39. The zero-order valence-electron chi connectivity index (χ0n) is 16.7. The normalized spacial score (nSPS) is 26.8. The fraction of sp³-hybridized carbons (Fsp3) is 0.667. The van der Waals surface area contributed by atoms with E-state index in [0.717, 1.165) is 37.6 Å². The van der Waals surface area contributed by atoms with E-state index >= 15 is 0 Å². The summed E-state index contributed by atoms with van der Waals surface area (Å²) < 4.78 is 11.4. The van der Waals surface area contributed by atoms with Crippen molar-refractivity contribution in [2.24, 2.45) is 11.8 Å². The molecular weight excluding hydrogens is 342 g/mol. The van der Waals surface area contributed by atoms with E-state index in [1.54, 1.807) is 7.11 Å². The first kappa shape index (κ1) is 18.4. The molecule has 4 rings (SSSR count). The summed E-state index contributed by atoms with van der Waals surface area (Å²) in [6.07, 6.45) is 3.85. The molecule has 0 aromatic heterocycles. The summed E-state index contributed by atoms with van der Waals surface area (Å²) in [6, 6.07) is 6.00. The molecule has 1 aliphatic carbocycles. The van der Waals surface area contributed by atoms with Gasteiger partial charge < -0.3 is 24.6 Å². The van der Waals surface area contributed by atoms with Crippen LogP contribution in [0.1, 0.15) is 33.1 Å². The summed E-state index contributed by atoms with van der Waals surface area (Å²) in [5.41, 5.74) is 1.67. The molecule has 0 spiro atoms. The number of urea groups is 1. The molecule has 6 heteroatoms. The summed E-state index contributed by atoms with van der Waals surface area (Å²) in [4.78, 5) is 17.0. The molecule has 1 N–H and O–H groups in total.